The standard InChI is InChI=1S/C14H18FNO4S/c1-9-6-11(7-12(13(9)15)21(16,18)19)14(17)20-8-10-4-2-3-5-10/h6-7,10H,2-5,8H2,1H3,(H2,16,18,19). The largest absolute Gasteiger partial charge is 0.462 e. The van der Waals surface area contributed by atoms with Crippen molar-refractivity contribution in [1.82, 2.24) is 0 Å². The molecule has 1 aromatic rings. The number of nitrogens with two attached hydrogens (primary N) is 1. The normalized spacial score (nSPS) is 16.1. The molecule has 0 aliphatic heterocycles. The molecule has 1 aromatic carbocycles. The van der Waals surface area contributed by atoms with Crippen LogP contribution in [-0.4, -0.2) is 21.0 Å². The van der Waals surface area contributed by atoms with Crippen molar-refractivity contribution < 1.29 is 22.3 Å². The fraction of sp³-hybridized carbons (Fsp3) is 0.500. The van der Waals surface area contributed by atoms with Gasteiger partial charge in [0.1, 0.15) is 10.7 Å². The first-order valence-electron chi connectivity index (χ1n) is 6.79. The van der Waals surface area contributed by atoms with Gasteiger partial charge in [-0.2, -0.15) is 0 Å². The average Bonchev–Trinajstić information content (AvgIpc) is 2.90. The number of hydrogen-bond acceptors (Lipinski definition) is 4. The predicted molar refractivity (Wildman–Crippen MR) is 74.8 cm³/mol. The smallest absolute Gasteiger partial charge is 0.338 e. The number of hydrogen-bond donors (Lipinski definition) is 1. The molecule has 1 fully saturated rings. The van der Waals surface area contributed by atoms with E-state index in [0.29, 0.717) is 12.5 Å². The molecular weight excluding hydrogens is 297 g/mol. The molecule has 1 saturated carbocycles. The van der Waals surface area contributed by atoms with Crippen molar-refractivity contribution in [2.75, 3.05) is 6.61 Å². The van der Waals surface area contributed by atoms with Crippen molar-refractivity contribution in [2.45, 2.75) is 37.5 Å². The van der Waals surface area contributed by atoms with E-state index in [4.69, 9.17) is 9.88 Å². The van der Waals surface area contributed by atoms with Gasteiger partial charge in [-0.25, -0.2) is 22.7 Å². The summed E-state index contributed by atoms with van der Waals surface area (Å²) in [7, 11) is -4.23. The van der Waals surface area contributed by atoms with E-state index < -0.39 is 26.7 Å². The molecule has 0 bridgehead atoms. The fourth-order valence-corrected chi connectivity index (χ4v) is 3.22. The third-order valence-electron chi connectivity index (χ3n) is 3.69. The summed E-state index contributed by atoms with van der Waals surface area (Å²) in [6.07, 6.45) is 4.32. The number of carbonyl (C=O) groups excluding carboxylic acids is 1. The summed E-state index contributed by atoms with van der Waals surface area (Å²) in [4.78, 5) is 11.3. The maximum absolute atomic E-state index is 13.8. The van der Waals surface area contributed by atoms with Gasteiger partial charge in [0.05, 0.1) is 12.2 Å². The summed E-state index contributed by atoms with van der Waals surface area (Å²) < 4.78 is 41.6. The quantitative estimate of drug-likeness (QED) is 0.862. The zero-order valence-corrected chi connectivity index (χ0v) is 12.6. The zero-order chi connectivity index (χ0) is 15.6. The summed E-state index contributed by atoms with van der Waals surface area (Å²) in [6, 6.07) is 2.19. The Labute approximate surface area is 123 Å². The van der Waals surface area contributed by atoms with Gasteiger partial charge < -0.3 is 4.74 Å². The van der Waals surface area contributed by atoms with Crippen molar-refractivity contribution in [3.63, 3.8) is 0 Å². The Balaban J connectivity index is 2.19. The second-order valence-corrected chi connectivity index (χ2v) is 6.93. The zero-order valence-electron chi connectivity index (χ0n) is 11.8. The van der Waals surface area contributed by atoms with E-state index in [-0.39, 0.29) is 11.1 Å². The van der Waals surface area contributed by atoms with Gasteiger partial charge in [0, 0.05) is 0 Å². The topological polar surface area (TPSA) is 86.5 Å². The van der Waals surface area contributed by atoms with E-state index in [1.165, 1.54) is 13.0 Å². The Morgan fingerprint density at radius 3 is 2.57 bits per heavy atom. The van der Waals surface area contributed by atoms with E-state index in [1.54, 1.807) is 0 Å². The number of carbonyl (C=O) groups is 1. The van der Waals surface area contributed by atoms with E-state index in [2.05, 4.69) is 0 Å². The van der Waals surface area contributed by atoms with Gasteiger partial charge >= 0.3 is 5.97 Å². The maximum atomic E-state index is 13.8. The minimum atomic E-state index is -4.23. The Hall–Kier alpha value is -1.47. The number of primary sulfonamides is 1. The first-order chi connectivity index (χ1) is 9.79. The fourth-order valence-electron chi connectivity index (χ4n) is 2.52. The van der Waals surface area contributed by atoms with Crippen LogP contribution in [-0.2, 0) is 14.8 Å². The molecule has 0 unspecified atom stereocenters. The highest BCUT2D eigenvalue weighted by molar-refractivity contribution is 7.89. The Bertz CT molecular complexity index is 651. The molecule has 5 nitrogen and oxygen atoms in total. The van der Waals surface area contributed by atoms with E-state index in [9.17, 15) is 17.6 Å². The van der Waals surface area contributed by atoms with Crippen LogP contribution < -0.4 is 5.14 Å². The predicted octanol–water partition coefficient (Wildman–Crippen LogP) is 2.13. The Morgan fingerprint density at radius 1 is 1.38 bits per heavy atom. The minimum absolute atomic E-state index is 0.00378. The molecule has 1 aliphatic carbocycles. The van der Waals surface area contributed by atoms with Crippen LogP contribution >= 0.6 is 0 Å². The van der Waals surface area contributed by atoms with Crippen molar-refractivity contribution >= 4 is 16.0 Å². The molecule has 0 radical (unpaired) electrons. The van der Waals surface area contributed by atoms with Gasteiger partial charge in [-0.05, 0) is 43.4 Å². The SMILES string of the molecule is Cc1cc(C(=O)OCC2CCCC2)cc(S(N)(=O)=O)c1F. The van der Waals surface area contributed by atoms with Crippen LogP contribution in [0.2, 0.25) is 0 Å². The molecule has 0 aromatic heterocycles. The lowest BCUT2D eigenvalue weighted by Crippen LogP contribution is -2.17. The van der Waals surface area contributed by atoms with Crippen molar-refractivity contribution in [3.05, 3.63) is 29.1 Å². The van der Waals surface area contributed by atoms with Gasteiger partial charge in [0.25, 0.3) is 0 Å². The molecule has 0 spiro atoms. The molecule has 7 heteroatoms. The monoisotopic (exact) mass is 315 g/mol. The summed E-state index contributed by atoms with van der Waals surface area (Å²) in [6.45, 7) is 1.68. The number of ether oxygens (including phenoxy) is 1. The van der Waals surface area contributed by atoms with Gasteiger partial charge in [-0.1, -0.05) is 12.8 Å². The van der Waals surface area contributed by atoms with Gasteiger partial charge in [0.2, 0.25) is 10.0 Å². The molecule has 0 saturated heterocycles. The van der Waals surface area contributed by atoms with Crippen LogP contribution in [0.15, 0.2) is 17.0 Å². The number of aryl methyl sites for hydroxylation is 1. The average molecular weight is 315 g/mol. The summed E-state index contributed by atoms with van der Waals surface area (Å²) >= 11 is 0. The third-order valence-corrected chi connectivity index (χ3v) is 4.60. The number of rotatable bonds is 4. The lowest BCUT2D eigenvalue weighted by molar-refractivity contribution is 0.0442. The molecule has 2 rings (SSSR count). The molecule has 2 N–H and O–H groups in total. The number of sulfonamides is 1. The molecule has 21 heavy (non-hydrogen) atoms. The summed E-state index contributed by atoms with van der Waals surface area (Å²) in [5, 5.41) is 4.95. The van der Waals surface area contributed by atoms with Crippen molar-refractivity contribution in [3.8, 4) is 0 Å². The van der Waals surface area contributed by atoms with Crippen LogP contribution in [0, 0.1) is 18.7 Å². The molecule has 0 atom stereocenters. The lowest BCUT2D eigenvalue weighted by Gasteiger charge is -2.11. The van der Waals surface area contributed by atoms with Crippen LogP contribution in [0.5, 0.6) is 0 Å². The highest BCUT2D eigenvalue weighted by Crippen LogP contribution is 2.25. The summed E-state index contributed by atoms with van der Waals surface area (Å²) in [5.41, 5.74) is 0.0327. The van der Waals surface area contributed by atoms with E-state index >= 15 is 0 Å². The van der Waals surface area contributed by atoms with Crippen molar-refractivity contribution in [2.24, 2.45) is 11.1 Å². The van der Waals surface area contributed by atoms with Crippen LogP contribution in [0.3, 0.4) is 0 Å². The van der Waals surface area contributed by atoms with Crippen LogP contribution in [0.4, 0.5) is 4.39 Å². The molecule has 116 valence electrons. The van der Waals surface area contributed by atoms with Gasteiger partial charge in [0.15, 0.2) is 0 Å². The van der Waals surface area contributed by atoms with E-state index in [0.717, 1.165) is 31.7 Å². The summed E-state index contributed by atoms with van der Waals surface area (Å²) in [5.74, 6) is -1.24. The molecule has 1 aliphatic rings. The first kappa shape index (κ1) is 15.9. The second-order valence-electron chi connectivity index (χ2n) is 5.40. The third kappa shape index (κ3) is 3.79. The number of benzene rings is 1. The number of esters is 1. The molecular formula is C14H18FNO4S. The van der Waals surface area contributed by atoms with Crippen molar-refractivity contribution in [1.29, 1.82) is 0 Å². The first-order valence-corrected chi connectivity index (χ1v) is 8.33. The Morgan fingerprint density at radius 2 is 2.00 bits per heavy atom. The molecule has 0 amide bonds. The highest BCUT2D eigenvalue weighted by Gasteiger charge is 2.22. The second kappa shape index (κ2) is 6.11. The maximum Gasteiger partial charge on any atom is 0.338 e. The van der Waals surface area contributed by atoms with Crippen LogP contribution in [0.25, 0.3) is 0 Å². The van der Waals surface area contributed by atoms with E-state index in [1.807, 2.05) is 0 Å². The minimum Gasteiger partial charge on any atom is -0.462 e. The lowest BCUT2D eigenvalue weighted by atomic mass is 10.1. The van der Waals surface area contributed by atoms with Crippen LogP contribution in [0.1, 0.15) is 41.6 Å². The highest BCUT2D eigenvalue weighted by atomic mass is 32.2. The van der Waals surface area contributed by atoms with Gasteiger partial charge in [-0.15, -0.1) is 0 Å². The number of halogens is 1. The Kier molecular flexibility index (Phi) is 4.63. The molecule has 0 heterocycles. The van der Waals surface area contributed by atoms with Gasteiger partial charge in [-0.3, -0.25) is 0 Å².